The molecule has 0 aromatic heterocycles. The molecule has 0 saturated carbocycles. The van der Waals surface area contributed by atoms with Crippen molar-refractivity contribution in [3.05, 3.63) is 93.0 Å². The molecule has 0 heterocycles. The third kappa shape index (κ3) is 6.05. The Kier molecular flexibility index (Phi) is 8.05. The summed E-state index contributed by atoms with van der Waals surface area (Å²) in [7, 11) is -2.75. The van der Waals surface area contributed by atoms with Crippen molar-refractivity contribution >= 4 is 33.5 Å². The Labute approximate surface area is 209 Å². The Bertz CT molecular complexity index is 1420. The molecule has 1 N–H and O–H groups in total. The minimum atomic E-state index is -4.07. The summed E-state index contributed by atoms with van der Waals surface area (Å²) in [5, 5.41) is 15.0. The van der Waals surface area contributed by atoms with Crippen molar-refractivity contribution in [1.29, 1.82) is 0 Å². The van der Waals surface area contributed by atoms with Gasteiger partial charge >= 0.3 is 5.69 Å². The predicted octanol–water partition coefficient (Wildman–Crippen LogP) is 3.87. The van der Waals surface area contributed by atoms with Crippen LogP contribution in [0, 0.1) is 30.9 Å². The number of benzene rings is 3. The van der Waals surface area contributed by atoms with Crippen LogP contribution in [0.3, 0.4) is 0 Å². The Hall–Kier alpha value is -4.25. The SMILES string of the molecule is COc1ccc(/C=N\NC(=O)CN(c2cc(C)ccc2C)S(=O)(=O)c2ccc(C)cc2)cc1[N+](=O)[O-]. The number of anilines is 1. The smallest absolute Gasteiger partial charge is 0.311 e. The van der Waals surface area contributed by atoms with Crippen LogP contribution in [0.5, 0.6) is 5.75 Å². The highest BCUT2D eigenvalue weighted by Crippen LogP contribution is 2.28. The van der Waals surface area contributed by atoms with Crippen molar-refractivity contribution in [3.63, 3.8) is 0 Å². The number of amides is 1. The van der Waals surface area contributed by atoms with E-state index in [0.29, 0.717) is 16.8 Å². The summed E-state index contributed by atoms with van der Waals surface area (Å²) in [5.74, 6) is -0.600. The molecule has 0 spiro atoms. The van der Waals surface area contributed by atoms with Crippen molar-refractivity contribution in [2.45, 2.75) is 25.7 Å². The normalized spacial score (nSPS) is 11.3. The minimum absolute atomic E-state index is 0.0517. The van der Waals surface area contributed by atoms with E-state index in [-0.39, 0.29) is 16.3 Å². The fraction of sp³-hybridized carbons (Fsp3) is 0.200. The van der Waals surface area contributed by atoms with Crippen LogP contribution in [0.2, 0.25) is 0 Å². The molecule has 0 saturated heterocycles. The van der Waals surface area contributed by atoms with Crippen molar-refractivity contribution < 1.29 is 22.9 Å². The molecule has 3 aromatic rings. The molecule has 0 aliphatic rings. The number of nitrogens with one attached hydrogen (secondary N) is 1. The molecule has 11 heteroatoms. The molecule has 1 amide bonds. The van der Waals surface area contributed by atoms with Gasteiger partial charge in [-0.3, -0.25) is 19.2 Å². The van der Waals surface area contributed by atoms with Crippen LogP contribution < -0.4 is 14.5 Å². The number of nitro benzene ring substituents is 1. The highest BCUT2D eigenvalue weighted by atomic mass is 32.2. The van der Waals surface area contributed by atoms with E-state index in [2.05, 4.69) is 10.5 Å². The second kappa shape index (κ2) is 11.0. The molecule has 3 aromatic carbocycles. The van der Waals surface area contributed by atoms with E-state index in [1.807, 2.05) is 19.9 Å². The summed E-state index contributed by atoms with van der Waals surface area (Å²) >= 11 is 0. The molecule has 0 atom stereocenters. The molecular formula is C25H26N4O6S. The van der Waals surface area contributed by atoms with Gasteiger partial charge < -0.3 is 4.74 Å². The van der Waals surface area contributed by atoms with Crippen molar-refractivity contribution in [2.75, 3.05) is 18.0 Å². The maximum absolute atomic E-state index is 13.5. The minimum Gasteiger partial charge on any atom is -0.490 e. The molecular weight excluding hydrogens is 484 g/mol. The fourth-order valence-corrected chi connectivity index (χ4v) is 4.88. The van der Waals surface area contributed by atoms with Gasteiger partial charge in [0.25, 0.3) is 15.9 Å². The van der Waals surface area contributed by atoms with Crippen molar-refractivity contribution in [3.8, 4) is 5.75 Å². The highest BCUT2D eigenvalue weighted by molar-refractivity contribution is 7.92. The lowest BCUT2D eigenvalue weighted by molar-refractivity contribution is -0.385. The van der Waals surface area contributed by atoms with E-state index in [9.17, 15) is 23.3 Å². The number of hydrogen-bond acceptors (Lipinski definition) is 7. The van der Waals surface area contributed by atoms with Gasteiger partial charge in [-0.15, -0.1) is 0 Å². The van der Waals surface area contributed by atoms with E-state index in [1.165, 1.54) is 43.7 Å². The Morgan fingerprint density at radius 1 is 1.06 bits per heavy atom. The molecule has 188 valence electrons. The number of hydrazone groups is 1. The summed E-state index contributed by atoms with van der Waals surface area (Å²) in [5.41, 5.74) is 5.18. The highest BCUT2D eigenvalue weighted by Gasteiger charge is 2.28. The van der Waals surface area contributed by atoms with Crippen LogP contribution in [-0.4, -0.2) is 39.1 Å². The van der Waals surface area contributed by atoms with Gasteiger partial charge in [0.1, 0.15) is 6.54 Å². The maximum atomic E-state index is 13.5. The van der Waals surface area contributed by atoms with Crippen LogP contribution in [0.1, 0.15) is 22.3 Å². The number of hydrogen-bond donors (Lipinski definition) is 1. The van der Waals surface area contributed by atoms with E-state index >= 15 is 0 Å². The molecule has 0 aliphatic carbocycles. The molecule has 0 radical (unpaired) electrons. The molecule has 0 fully saturated rings. The fourth-order valence-electron chi connectivity index (χ4n) is 3.40. The summed E-state index contributed by atoms with van der Waals surface area (Å²) in [6.45, 7) is 4.92. The molecule has 10 nitrogen and oxygen atoms in total. The lowest BCUT2D eigenvalue weighted by Crippen LogP contribution is -2.40. The molecule has 0 unspecified atom stereocenters. The number of sulfonamides is 1. The standard InChI is InChI=1S/C25H26N4O6S/c1-17-6-10-21(11-7-17)36(33,34)28(22-13-18(2)5-8-19(22)3)16-25(30)27-26-15-20-9-12-24(35-4)23(14-20)29(31)32/h5-15H,16H2,1-4H3,(H,27,30)/b26-15-. The van der Waals surface area contributed by atoms with E-state index in [4.69, 9.17) is 4.74 Å². The first-order valence-corrected chi connectivity index (χ1v) is 12.3. The maximum Gasteiger partial charge on any atom is 0.311 e. The summed E-state index contributed by atoms with van der Waals surface area (Å²) in [4.78, 5) is 23.4. The first-order chi connectivity index (χ1) is 17.0. The summed E-state index contributed by atoms with van der Waals surface area (Å²) in [6, 6.07) is 15.9. The van der Waals surface area contributed by atoms with E-state index < -0.39 is 27.4 Å². The van der Waals surface area contributed by atoms with Gasteiger partial charge in [-0.1, -0.05) is 29.8 Å². The largest absolute Gasteiger partial charge is 0.490 e. The third-order valence-corrected chi connectivity index (χ3v) is 7.11. The number of rotatable bonds is 9. The molecule has 0 bridgehead atoms. The first-order valence-electron chi connectivity index (χ1n) is 10.8. The van der Waals surface area contributed by atoms with Gasteiger partial charge in [0.15, 0.2) is 5.75 Å². The number of nitrogens with zero attached hydrogens (tertiary/aromatic N) is 3. The topological polar surface area (TPSA) is 131 Å². The van der Waals surface area contributed by atoms with Gasteiger partial charge in [0.2, 0.25) is 0 Å². The van der Waals surface area contributed by atoms with Gasteiger partial charge in [0.05, 0.1) is 28.8 Å². The summed E-state index contributed by atoms with van der Waals surface area (Å²) in [6.07, 6.45) is 1.22. The van der Waals surface area contributed by atoms with Gasteiger partial charge in [-0.2, -0.15) is 5.10 Å². The Morgan fingerprint density at radius 2 is 1.72 bits per heavy atom. The van der Waals surface area contributed by atoms with Crippen molar-refractivity contribution in [1.82, 2.24) is 5.43 Å². The predicted molar refractivity (Wildman–Crippen MR) is 137 cm³/mol. The second-order valence-electron chi connectivity index (χ2n) is 8.10. The number of aryl methyl sites for hydroxylation is 3. The molecule has 3 rings (SSSR count). The number of carbonyl (C=O) groups excluding carboxylic acids is 1. The zero-order valence-electron chi connectivity index (χ0n) is 20.3. The number of methoxy groups -OCH3 is 1. The zero-order chi connectivity index (χ0) is 26.5. The Balaban J connectivity index is 1.87. The third-order valence-electron chi connectivity index (χ3n) is 5.33. The van der Waals surface area contributed by atoms with Crippen LogP contribution in [0.4, 0.5) is 11.4 Å². The molecule has 0 aliphatic heterocycles. The van der Waals surface area contributed by atoms with Crippen LogP contribution in [0.15, 0.2) is 70.7 Å². The lowest BCUT2D eigenvalue weighted by atomic mass is 10.1. The van der Waals surface area contributed by atoms with Crippen LogP contribution >= 0.6 is 0 Å². The van der Waals surface area contributed by atoms with E-state index in [0.717, 1.165) is 15.4 Å². The van der Waals surface area contributed by atoms with Crippen LogP contribution in [-0.2, 0) is 14.8 Å². The number of carbonyl (C=O) groups is 1. The molecule has 36 heavy (non-hydrogen) atoms. The number of nitro groups is 1. The van der Waals surface area contributed by atoms with Gasteiger partial charge in [-0.05, 0) is 62.2 Å². The van der Waals surface area contributed by atoms with E-state index in [1.54, 1.807) is 31.2 Å². The van der Waals surface area contributed by atoms with Gasteiger partial charge in [-0.25, -0.2) is 13.8 Å². The quantitative estimate of drug-likeness (QED) is 0.264. The number of ether oxygens (including phenoxy) is 1. The average molecular weight is 511 g/mol. The zero-order valence-corrected chi connectivity index (χ0v) is 21.1. The Morgan fingerprint density at radius 3 is 2.36 bits per heavy atom. The lowest BCUT2D eigenvalue weighted by Gasteiger charge is -2.25. The van der Waals surface area contributed by atoms with Crippen LogP contribution in [0.25, 0.3) is 0 Å². The van der Waals surface area contributed by atoms with Crippen molar-refractivity contribution in [2.24, 2.45) is 5.10 Å². The summed E-state index contributed by atoms with van der Waals surface area (Å²) < 4.78 is 33.1. The monoisotopic (exact) mass is 510 g/mol. The average Bonchev–Trinajstić information content (AvgIpc) is 2.84. The second-order valence-corrected chi connectivity index (χ2v) is 9.96. The first kappa shape index (κ1) is 26.4. The van der Waals surface area contributed by atoms with Gasteiger partial charge in [0, 0.05) is 11.6 Å².